The molecule has 0 saturated carbocycles. The summed E-state index contributed by atoms with van der Waals surface area (Å²) in [5.41, 5.74) is 4.66. The van der Waals surface area contributed by atoms with Crippen molar-refractivity contribution in [3.8, 4) is 0 Å². The van der Waals surface area contributed by atoms with Crippen LogP contribution in [0.2, 0.25) is 0 Å². The van der Waals surface area contributed by atoms with E-state index in [1.165, 1.54) is 0 Å². The van der Waals surface area contributed by atoms with E-state index in [1.807, 2.05) is 36.4 Å². The standard InChI is InChI=1S/C14H13N5.2ClH/c15-17-14-12-4-2-1-3-11(12)13(18-19-14)9-10-5-7-16-8-6-10;;/h1-8H,9,15H2,(H,17,19);2*1H/p-2. The molecule has 0 aliphatic carbocycles. The van der Waals surface area contributed by atoms with Gasteiger partial charge in [-0.05, 0) is 17.7 Å². The first-order chi connectivity index (χ1) is 9.38. The molecule has 1 aromatic carbocycles. The van der Waals surface area contributed by atoms with E-state index in [4.69, 9.17) is 5.84 Å². The fraction of sp³-hybridized carbons (Fsp3) is 0.0714. The summed E-state index contributed by atoms with van der Waals surface area (Å²) in [5, 5.41) is 10.4. The Morgan fingerprint density at radius 1 is 0.905 bits per heavy atom. The van der Waals surface area contributed by atoms with Gasteiger partial charge in [0.2, 0.25) is 0 Å². The van der Waals surface area contributed by atoms with Crippen molar-refractivity contribution < 1.29 is 24.8 Å². The maximum Gasteiger partial charge on any atom is 0.170 e. The monoisotopic (exact) mass is 321 g/mol. The zero-order chi connectivity index (χ0) is 13.1. The van der Waals surface area contributed by atoms with Crippen LogP contribution in [0.4, 0.5) is 5.82 Å². The van der Waals surface area contributed by atoms with E-state index < -0.39 is 0 Å². The highest BCUT2D eigenvalue weighted by Crippen LogP contribution is 2.23. The van der Waals surface area contributed by atoms with Crippen LogP contribution in [0.5, 0.6) is 0 Å². The third-order valence-corrected chi connectivity index (χ3v) is 3.02. The smallest absolute Gasteiger partial charge is 0.170 e. The number of pyridine rings is 1. The van der Waals surface area contributed by atoms with Gasteiger partial charge in [0.1, 0.15) is 0 Å². The van der Waals surface area contributed by atoms with Gasteiger partial charge >= 0.3 is 0 Å². The van der Waals surface area contributed by atoms with Crippen LogP contribution >= 0.6 is 0 Å². The minimum Gasteiger partial charge on any atom is -1.00 e. The van der Waals surface area contributed by atoms with E-state index in [-0.39, 0.29) is 24.8 Å². The maximum absolute atomic E-state index is 5.46. The van der Waals surface area contributed by atoms with Gasteiger partial charge in [0.05, 0.1) is 5.69 Å². The molecular formula is C14H13Cl2N5-2. The molecule has 0 saturated heterocycles. The van der Waals surface area contributed by atoms with Crippen molar-refractivity contribution in [2.75, 3.05) is 5.43 Å². The predicted octanol–water partition coefficient (Wildman–Crippen LogP) is -4.09. The average Bonchev–Trinajstić information content (AvgIpc) is 2.49. The van der Waals surface area contributed by atoms with Gasteiger partial charge in [-0.15, -0.1) is 5.10 Å². The lowest BCUT2D eigenvalue weighted by atomic mass is 10.1. The highest BCUT2D eigenvalue weighted by Gasteiger charge is 2.08. The van der Waals surface area contributed by atoms with Crippen LogP contribution < -0.4 is 36.1 Å². The van der Waals surface area contributed by atoms with Crippen molar-refractivity contribution in [1.29, 1.82) is 0 Å². The number of hydrogen-bond acceptors (Lipinski definition) is 5. The second-order valence-electron chi connectivity index (χ2n) is 4.22. The largest absolute Gasteiger partial charge is 1.00 e. The Morgan fingerprint density at radius 2 is 1.57 bits per heavy atom. The van der Waals surface area contributed by atoms with Crippen LogP contribution in [0.25, 0.3) is 10.8 Å². The molecule has 0 amide bonds. The summed E-state index contributed by atoms with van der Waals surface area (Å²) in [4.78, 5) is 4.01. The van der Waals surface area contributed by atoms with Gasteiger partial charge in [0.25, 0.3) is 0 Å². The van der Waals surface area contributed by atoms with Crippen LogP contribution in [0.1, 0.15) is 11.3 Å². The number of nitrogens with zero attached hydrogens (tertiary/aromatic N) is 3. The van der Waals surface area contributed by atoms with Gasteiger partial charge in [-0.3, -0.25) is 4.98 Å². The topological polar surface area (TPSA) is 76.7 Å². The fourth-order valence-electron chi connectivity index (χ4n) is 2.09. The average molecular weight is 322 g/mol. The van der Waals surface area contributed by atoms with Crippen molar-refractivity contribution in [3.63, 3.8) is 0 Å². The zero-order valence-electron chi connectivity index (χ0n) is 11.0. The number of hydrogen-bond donors (Lipinski definition) is 2. The Bertz CT molecular complexity index is 706. The van der Waals surface area contributed by atoms with E-state index in [9.17, 15) is 0 Å². The Balaban J connectivity index is 0.00000110. The third kappa shape index (κ3) is 3.58. The van der Waals surface area contributed by atoms with Crippen molar-refractivity contribution in [2.45, 2.75) is 6.42 Å². The summed E-state index contributed by atoms with van der Waals surface area (Å²) >= 11 is 0. The molecule has 2 aromatic heterocycles. The molecule has 3 N–H and O–H groups in total. The molecule has 0 spiro atoms. The molecule has 0 aliphatic heterocycles. The Labute approximate surface area is 134 Å². The summed E-state index contributed by atoms with van der Waals surface area (Å²) in [6.07, 6.45) is 4.28. The summed E-state index contributed by atoms with van der Waals surface area (Å²) in [7, 11) is 0. The van der Waals surface area contributed by atoms with E-state index in [2.05, 4.69) is 20.6 Å². The highest BCUT2D eigenvalue weighted by molar-refractivity contribution is 5.92. The first kappa shape index (κ1) is 17.1. The molecule has 0 atom stereocenters. The minimum absolute atomic E-state index is 0. The van der Waals surface area contributed by atoms with Crippen molar-refractivity contribution in [1.82, 2.24) is 15.2 Å². The number of nitrogens with two attached hydrogens (primary N) is 1. The molecule has 0 fully saturated rings. The number of halogens is 2. The third-order valence-electron chi connectivity index (χ3n) is 3.02. The summed E-state index contributed by atoms with van der Waals surface area (Å²) in [6.45, 7) is 0. The van der Waals surface area contributed by atoms with Crippen LogP contribution in [0, 0.1) is 0 Å². The molecule has 110 valence electrons. The quantitative estimate of drug-likeness (QED) is 0.379. The van der Waals surface area contributed by atoms with Crippen molar-refractivity contribution in [3.05, 3.63) is 60.0 Å². The highest BCUT2D eigenvalue weighted by atomic mass is 35.5. The van der Waals surface area contributed by atoms with E-state index in [0.717, 1.165) is 28.5 Å². The summed E-state index contributed by atoms with van der Waals surface area (Å²) in [5.74, 6) is 6.05. The number of anilines is 1. The number of nitrogen functional groups attached to an aromatic ring is 1. The van der Waals surface area contributed by atoms with Crippen LogP contribution in [0.15, 0.2) is 48.8 Å². The van der Waals surface area contributed by atoms with Gasteiger partial charge in [0, 0.05) is 29.6 Å². The normalized spacial score (nSPS) is 9.57. The molecule has 3 aromatic rings. The molecule has 2 heterocycles. The minimum atomic E-state index is 0. The Morgan fingerprint density at radius 3 is 2.24 bits per heavy atom. The van der Waals surface area contributed by atoms with Gasteiger partial charge in [0.15, 0.2) is 5.82 Å². The number of hydrazine groups is 1. The van der Waals surface area contributed by atoms with Crippen molar-refractivity contribution >= 4 is 16.6 Å². The van der Waals surface area contributed by atoms with E-state index in [0.29, 0.717) is 5.82 Å². The van der Waals surface area contributed by atoms with Gasteiger partial charge in [-0.1, -0.05) is 24.3 Å². The summed E-state index contributed by atoms with van der Waals surface area (Å²) in [6, 6.07) is 11.9. The van der Waals surface area contributed by atoms with Gasteiger partial charge in [-0.2, -0.15) is 5.10 Å². The van der Waals surface area contributed by atoms with Crippen molar-refractivity contribution in [2.24, 2.45) is 5.84 Å². The van der Waals surface area contributed by atoms with Gasteiger partial charge < -0.3 is 30.2 Å². The fourth-order valence-corrected chi connectivity index (χ4v) is 2.09. The summed E-state index contributed by atoms with van der Waals surface area (Å²) < 4.78 is 0. The molecular weight excluding hydrogens is 309 g/mol. The molecule has 5 nitrogen and oxygen atoms in total. The SMILES string of the molecule is NNc1nnc(Cc2ccncc2)c2ccccc12.[Cl-].[Cl-]. The first-order valence-corrected chi connectivity index (χ1v) is 5.98. The molecule has 7 heteroatoms. The van der Waals surface area contributed by atoms with E-state index >= 15 is 0 Å². The Hall–Kier alpha value is -1.95. The number of fused-ring (bicyclic) bond motifs is 1. The lowest BCUT2D eigenvalue weighted by molar-refractivity contribution is -0.001000. The van der Waals surface area contributed by atoms with Gasteiger partial charge in [-0.25, -0.2) is 5.84 Å². The second kappa shape index (κ2) is 7.73. The number of nitrogens with one attached hydrogen (secondary N) is 1. The first-order valence-electron chi connectivity index (χ1n) is 5.98. The zero-order valence-corrected chi connectivity index (χ0v) is 12.5. The molecule has 0 unspecified atom stereocenters. The van der Waals surface area contributed by atoms with Crippen LogP contribution in [0.3, 0.4) is 0 Å². The molecule has 0 bridgehead atoms. The molecule has 3 rings (SSSR count). The lowest BCUT2D eigenvalue weighted by Crippen LogP contribution is -3.00. The maximum atomic E-state index is 5.46. The Kier molecular flexibility index (Phi) is 6.30. The van der Waals surface area contributed by atoms with Crippen LogP contribution in [-0.2, 0) is 6.42 Å². The predicted molar refractivity (Wildman–Crippen MR) is 74.4 cm³/mol. The molecule has 0 radical (unpaired) electrons. The number of rotatable bonds is 3. The lowest BCUT2D eigenvalue weighted by Gasteiger charge is -2.08. The second-order valence-corrected chi connectivity index (χ2v) is 4.22. The number of aromatic nitrogens is 3. The molecule has 0 aliphatic rings. The van der Waals surface area contributed by atoms with E-state index in [1.54, 1.807) is 12.4 Å². The number of benzene rings is 1. The molecule has 21 heavy (non-hydrogen) atoms. The van der Waals surface area contributed by atoms with Crippen LogP contribution in [-0.4, -0.2) is 15.2 Å².